The van der Waals surface area contributed by atoms with E-state index in [0.717, 1.165) is 10.6 Å². The molecular weight excluding hydrogens is 252 g/mol. The Morgan fingerprint density at radius 1 is 1.39 bits per heavy atom. The summed E-state index contributed by atoms with van der Waals surface area (Å²) in [4.78, 5) is 0.948. The van der Waals surface area contributed by atoms with Crippen LogP contribution in [-0.2, 0) is 6.54 Å². The lowest BCUT2D eigenvalue weighted by Gasteiger charge is -1.97. The summed E-state index contributed by atoms with van der Waals surface area (Å²) in [5, 5.41) is 17.6. The first-order valence-electron chi connectivity index (χ1n) is 5.26. The van der Waals surface area contributed by atoms with Crippen LogP contribution in [0.25, 0.3) is 10.8 Å². The molecule has 3 rings (SSSR count). The van der Waals surface area contributed by atoms with Gasteiger partial charge in [-0.1, -0.05) is 11.3 Å². The molecule has 3 aromatic heterocycles. The van der Waals surface area contributed by atoms with E-state index in [1.807, 2.05) is 24.4 Å². The van der Waals surface area contributed by atoms with Gasteiger partial charge in [-0.25, -0.2) is 4.68 Å². The summed E-state index contributed by atoms with van der Waals surface area (Å²) in [6, 6.07) is 3.87. The summed E-state index contributed by atoms with van der Waals surface area (Å²) >= 11 is 1.55. The maximum Gasteiger partial charge on any atom is 0.257 e. The van der Waals surface area contributed by atoms with Gasteiger partial charge in [-0.3, -0.25) is 0 Å². The van der Waals surface area contributed by atoms with Crippen molar-refractivity contribution in [1.82, 2.24) is 25.2 Å². The van der Waals surface area contributed by atoms with Crippen LogP contribution in [0.4, 0.5) is 5.82 Å². The maximum absolute atomic E-state index is 5.62. The fourth-order valence-corrected chi connectivity index (χ4v) is 2.11. The molecule has 0 fully saturated rings. The van der Waals surface area contributed by atoms with E-state index in [4.69, 9.17) is 10.2 Å². The minimum atomic E-state index is 0.369. The summed E-state index contributed by atoms with van der Waals surface area (Å²) in [6.45, 7) is 2.21. The van der Waals surface area contributed by atoms with Gasteiger partial charge in [0.1, 0.15) is 6.54 Å². The van der Waals surface area contributed by atoms with Crippen molar-refractivity contribution in [2.75, 3.05) is 5.73 Å². The van der Waals surface area contributed by atoms with Crippen molar-refractivity contribution >= 4 is 17.2 Å². The first-order valence-corrected chi connectivity index (χ1v) is 6.14. The van der Waals surface area contributed by atoms with Crippen molar-refractivity contribution in [3.63, 3.8) is 0 Å². The van der Waals surface area contributed by atoms with E-state index in [1.54, 1.807) is 16.0 Å². The van der Waals surface area contributed by atoms with E-state index in [9.17, 15) is 0 Å². The number of aromatic nitrogens is 5. The van der Waals surface area contributed by atoms with Gasteiger partial charge in [0, 0.05) is 0 Å². The molecule has 0 atom stereocenters. The zero-order valence-corrected chi connectivity index (χ0v) is 10.4. The van der Waals surface area contributed by atoms with E-state index in [2.05, 4.69) is 20.5 Å². The molecule has 0 radical (unpaired) electrons. The second kappa shape index (κ2) is 4.22. The number of hydrogen-bond acceptors (Lipinski definition) is 7. The molecule has 18 heavy (non-hydrogen) atoms. The SMILES string of the molecule is Cc1c(N)nnn1Cc1nnc(-c2cccs2)o1. The molecule has 0 aliphatic carbocycles. The fraction of sp³-hybridized carbons (Fsp3) is 0.200. The van der Waals surface area contributed by atoms with Crippen molar-refractivity contribution in [2.24, 2.45) is 0 Å². The minimum Gasteiger partial charge on any atom is -0.418 e. The third kappa shape index (κ3) is 1.86. The average molecular weight is 262 g/mol. The number of hydrogen-bond donors (Lipinski definition) is 1. The van der Waals surface area contributed by atoms with Gasteiger partial charge < -0.3 is 10.2 Å². The average Bonchev–Trinajstić information content (AvgIpc) is 3.06. The second-order valence-corrected chi connectivity index (χ2v) is 4.64. The molecule has 0 bridgehead atoms. The van der Waals surface area contributed by atoms with E-state index in [-0.39, 0.29) is 0 Å². The van der Waals surface area contributed by atoms with E-state index < -0.39 is 0 Å². The van der Waals surface area contributed by atoms with E-state index in [1.165, 1.54) is 0 Å². The second-order valence-electron chi connectivity index (χ2n) is 3.70. The van der Waals surface area contributed by atoms with Crippen LogP contribution >= 0.6 is 11.3 Å². The van der Waals surface area contributed by atoms with Crippen molar-refractivity contribution in [2.45, 2.75) is 13.5 Å². The van der Waals surface area contributed by atoms with E-state index in [0.29, 0.717) is 24.1 Å². The molecule has 3 aromatic rings. The molecule has 0 saturated heterocycles. The standard InChI is InChI=1S/C10H10N6OS/c1-6-9(11)13-15-16(6)5-8-12-14-10(17-8)7-3-2-4-18-7/h2-4H,5,11H2,1H3. The number of nitrogens with zero attached hydrogens (tertiary/aromatic N) is 5. The van der Waals surface area contributed by atoms with Crippen molar-refractivity contribution in [3.05, 3.63) is 29.1 Å². The first kappa shape index (κ1) is 10.9. The molecule has 0 unspecified atom stereocenters. The fourth-order valence-electron chi connectivity index (χ4n) is 1.47. The lowest BCUT2D eigenvalue weighted by molar-refractivity contribution is 0.466. The lowest BCUT2D eigenvalue weighted by Crippen LogP contribution is -2.04. The molecule has 0 aliphatic heterocycles. The number of nitrogen functional groups attached to an aromatic ring is 1. The minimum absolute atomic E-state index is 0.369. The maximum atomic E-state index is 5.62. The summed E-state index contributed by atoms with van der Waals surface area (Å²) < 4.78 is 7.18. The quantitative estimate of drug-likeness (QED) is 0.765. The van der Waals surface area contributed by atoms with Crippen molar-refractivity contribution in [1.29, 1.82) is 0 Å². The zero-order chi connectivity index (χ0) is 12.5. The van der Waals surface area contributed by atoms with Gasteiger partial charge in [-0.05, 0) is 18.4 Å². The van der Waals surface area contributed by atoms with Crippen molar-refractivity contribution in [3.8, 4) is 10.8 Å². The van der Waals surface area contributed by atoms with Crippen LogP contribution in [0, 0.1) is 6.92 Å². The number of nitrogens with two attached hydrogens (primary N) is 1. The van der Waals surface area contributed by atoms with Gasteiger partial charge in [-0.2, -0.15) is 0 Å². The van der Waals surface area contributed by atoms with Crippen LogP contribution in [0.3, 0.4) is 0 Å². The Labute approximate surface area is 106 Å². The zero-order valence-electron chi connectivity index (χ0n) is 9.57. The van der Waals surface area contributed by atoms with E-state index >= 15 is 0 Å². The molecule has 92 valence electrons. The van der Waals surface area contributed by atoms with Gasteiger partial charge in [-0.15, -0.1) is 26.6 Å². The van der Waals surface area contributed by atoms with Crippen LogP contribution in [0.2, 0.25) is 0 Å². The molecular formula is C10H10N6OS. The first-order chi connectivity index (χ1) is 8.74. The summed E-state index contributed by atoms with van der Waals surface area (Å²) in [6.07, 6.45) is 0. The topological polar surface area (TPSA) is 95.7 Å². The van der Waals surface area contributed by atoms with Crippen LogP contribution in [0.5, 0.6) is 0 Å². The summed E-state index contributed by atoms with van der Waals surface area (Å²) in [5.74, 6) is 1.41. The van der Waals surface area contributed by atoms with Gasteiger partial charge in [0.15, 0.2) is 5.82 Å². The third-order valence-corrected chi connectivity index (χ3v) is 3.36. The predicted molar refractivity (Wildman–Crippen MR) is 65.9 cm³/mol. The van der Waals surface area contributed by atoms with Gasteiger partial charge >= 0.3 is 0 Å². The molecule has 0 aromatic carbocycles. The Morgan fingerprint density at radius 3 is 2.94 bits per heavy atom. The molecule has 3 heterocycles. The number of thiophene rings is 1. The van der Waals surface area contributed by atoms with Gasteiger partial charge in [0.25, 0.3) is 5.89 Å². The Morgan fingerprint density at radius 2 is 2.28 bits per heavy atom. The largest absolute Gasteiger partial charge is 0.418 e. The van der Waals surface area contributed by atoms with Crippen LogP contribution in [0.15, 0.2) is 21.9 Å². The van der Waals surface area contributed by atoms with Gasteiger partial charge in [0.2, 0.25) is 5.89 Å². The monoisotopic (exact) mass is 262 g/mol. The highest BCUT2D eigenvalue weighted by molar-refractivity contribution is 7.13. The molecule has 0 saturated carbocycles. The number of rotatable bonds is 3. The third-order valence-electron chi connectivity index (χ3n) is 2.50. The Hall–Kier alpha value is -2.22. The molecule has 8 heteroatoms. The highest BCUT2D eigenvalue weighted by Gasteiger charge is 2.12. The van der Waals surface area contributed by atoms with Gasteiger partial charge in [0.05, 0.1) is 10.6 Å². The van der Waals surface area contributed by atoms with Crippen LogP contribution in [-0.4, -0.2) is 25.2 Å². The molecule has 7 nitrogen and oxygen atoms in total. The highest BCUT2D eigenvalue weighted by Crippen LogP contribution is 2.23. The summed E-state index contributed by atoms with van der Waals surface area (Å²) in [5.41, 5.74) is 6.40. The molecule has 0 aliphatic rings. The Balaban J connectivity index is 1.84. The van der Waals surface area contributed by atoms with Crippen molar-refractivity contribution < 1.29 is 4.42 Å². The van der Waals surface area contributed by atoms with Crippen LogP contribution < -0.4 is 5.73 Å². The Bertz CT molecular complexity index is 656. The molecule has 0 amide bonds. The highest BCUT2D eigenvalue weighted by atomic mass is 32.1. The summed E-state index contributed by atoms with van der Waals surface area (Å²) in [7, 11) is 0. The number of anilines is 1. The van der Waals surface area contributed by atoms with Crippen LogP contribution in [0.1, 0.15) is 11.6 Å². The lowest BCUT2D eigenvalue weighted by atomic mass is 10.4. The normalized spacial score (nSPS) is 10.9. The molecule has 2 N–H and O–H groups in total. The molecule has 0 spiro atoms. The predicted octanol–water partition coefficient (Wildman–Crippen LogP) is 1.33. The Kier molecular flexibility index (Phi) is 2.56. The smallest absolute Gasteiger partial charge is 0.257 e.